The van der Waals surface area contributed by atoms with Crippen LogP contribution in [0.3, 0.4) is 0 Å². The number of rotatable bonds is 4. The monoisotopic (exact) mass is 294 g/mol. The molecule has 0 amide bonds. The molecule has 0 fully saturated rings. The summed E-state index contributed by atoms with van der Waals surface area (Å²) < 4.78 is 8.60. The average molecular weight is 294 g/mol. The summed E-state index contributed by atoms with van der Waals surface area (Å²) >= 11 is 2.29. The molecule has 13 heavy (non-hydrogen) atoms. The second-order valence-electron chi connectivity index (χ2n) is 3.14. The van der Waals surface area contributed by atoms with Gasteiger partial charge in [0.15, 0.2) is 0 Å². The lowest BCUT2D eigenvalue weighted by atomic mass is 10.4. The van der Waals surface area contributed by atoms with Gasteiger partial charge in [0.05, 0.1) is 16.3 Å². The predicted octanol–water partition coefficient (Wildman–Crippen LogP) is 2.43. The molecule has 0 atom stereocenters. The van der Waals surface area contributed by atoms with Gasteiger partial charge in [-0.15, -0.1) is 0 Å². The van der Waals surface area contributed by atoms with Crippen molar-refractivity contribution in [3.05, 3.63) is 15.5 Å². The Morgan fingerprint density at radius 2 is 2.31 bits per heavy atom. The molecule has 0 saturated carbocycles. The summed E-state index contributed by atoms with van der Waals surface area (Å²) in [7, 11) is 0. The van der Waals surface area contributed by atoms with Crippen molar-refractivity contribution in [2.75, 3.05) is 0 Å². The van der Waals surface area contributed by atoms with Crippen molar-refractivity contribution in [2.24, 2.45) is 0 Å². The molecule has 0 spiro atoms. The summed E-state index contributed by atoms with van der Waals surface area (Å²) in [4.78, 5) is 0. The molecule has 0 aromatic carbocycles. The van der Waals surface area contributed by atoms with E-state index in [2.05, 4.69) is 34.6 Å². The van der Waals surface area contributed by atoms with E-state index in [1.165, 1.54) is 3.57 Å². The van der Waals surface area contributed by atoms with Crippen LogP contribution in [0.5, 0.6) is 0 Å². The van der Waals surface area contributed by atoms with Crippen LogP contribution in [0.1, 0.15) is 26.5 Å². The molecular formula is C9H15IN2O. The molecule has 0 unspecified atom stereocenters. The third kappa shape index (κ3) is 3.27. The van der Waals surface area contributed by atoms with E-state index < -0.39 is 0 Å². The van der Waals surface area contributed by atoms with Crippen molar-refractivity contribution in [1.29, 1.82) is 0 Å². The maximum atomic E-state index is 5.49. The Hall–Kier alpha value is -0.100. The topological polar surface area (TPSA) is 27.1 Å². The first-order valence-electron chi connectivity index (χ1n) is 4.47. The molecule has 0 aliphatic carbocycles. The molecule has 0 radical (unpaired) electrons. The van der Waals surface area contributed by atoms with Gasteiger partial charge in [0, 0.05) is 12.7 Å². The summed E-state index contributed by atoms with van der Waals surface area (Å²) in [5.41, 5.74) is 1.04. The van der Waals surface area contributed by atoms with E-state index in [0.29, 0.717) is 6.61 Å². The second-order valence-corrected chi connectivity index (χ2v) is 4.30. The number of nitrogens with zero attached hydrogens (tertiary/aromatic N) is 2. The molecule has 0 aliphatic rings. The zero-order chi connectivity index (χ0) is 9.84. The first-order valence-corrected chi connectivity index (χ1v) is 5.54. The smallest absolute Gasteiger partial charge is 0.101 e. The lowest BCUT2D eigenvalue weighted by Crippen LogP contribution is -2.04. The molecule has 74 valence electrons. The molecule has 4 heteroatoms. The van der Waals surface area contributed by atoms with Gasteiger partial charge in [-0.25, -0.2) is 0 Å². The SMILES string of the molecule is CCn1cc(I)c(COC(C)C)n1. The highest BCUT2D eigenvalue weighted by atomic mass is 127. The third-order valence-electron chi connectivity index (χ3n) is 1.66. The molecule has 1 aromatic rings. The highest BCUT2D eigenvalue weighted by Crippen LogP contribution is 2.11. The maximum Gasteiger partial charge on any atom is 0.101 e. The lowest BCUT2D eigenvalue weighted by Gasteiger charge is -2.04. The van der Waals surface area contributed by atoms with Crippen LogP contribution in [0, 0.1) is 3.57 Å². The van der Waals surface area contributed by atoms with Crippen LogP contribution in [0.25, 0.3) is 0 Å². The van der Waals surface area contributed by atoms with Gasteiger partial charge in [0.2, 0.25) is 0 Å². The quantitative estimate of drug-likeness (QED) is 0.798. The van der Waals surface area contributed by atoms with Gasteiger partial charge < -0.3 is 4.74 Å². The van der Waals surface area contributed by atoms with Gasteiger partial charge in [0.25, 0.3) is 0 Å². The van der Waals surface area contributed by atoms with Gasteiger partial charge in [-0.2, -0.15) is 5.10 Å². The van der Waals surface area contributed by atoms with Gasteiger partial charge in [-0.3, -0.25) is 4.68 Å². The van der Waals surface area contributed by atoms with E-state index in [1.807, 2.05) is 24.7 Å². The van der Waals surface area contributed by atoms with Crippen molar-refractivity contribution in [2.45, 2.75) is 40.0 Å². The standard InChI is InChI=1S/C9H15IN2O/c1-4-12-5-8(10)9(11-12)6-13-7(2)3/h5,7H,4,6H2,1-3H3. The number of hydrogen-bond acceptors (Lipinski definition) is 2. The van der Waals surface area contributed by atoms with Crippen LogP contribution < -0.4 is 0 Å². The average Bonchev–Trinajstić information content (AvgIpc) is 2.43. The van der Waals surface area contributed by atoms with E-state index in [9.17, 15) is 0 Å². The normalized spacial score (nSPS) is 11.2. The summed E-state index contributed by atoms with van der Waals surface area (Å²) in [6, 6.07) is 0. The predicted molar refractivity (Wildman–Crippen MR) is 60.5 cm³/mol. The number of hydrogen-bond donors (Lipinski definition) is 0. The number of aryl methyl sites for hydroxylation is 1. The second kappa shape index (κ2) is 4.95. The van der Waals surface area contributed by atoms with Gasteiger partial charge >= 0.3 is 0 Å². The van der Waals surface area contributed by atoms with Crippen LogP contribution >= 0.6 is 22.6 Å². The highest BCUT2D eigenvalue weighted by Gasteiger charge is 2.06. The lowest BCUT2D eigenvalue weighted by molar-refractivity contribution is 0.0629. The van der Waals surface area contributed by atoms with Crippen molar-refractivity contribution < 1.29 is 4.74 Å². The molecule has 1 aromatic heterocycles. The minimum atomic E-state index is 0.266. The largest absolute Gasteiger partial charge is 0.372 e. The molecule has 0 N–H and O–H groups in total. The molecule has 0 bridgehead atoms. The zero-order valence-corrected chi connectivity index (χ0v) is 10.4. The van der Waals surface area contributed by atoms with Gasteiger partial charge in [-0.05, 0) is 43.4 Å². The molecular weight excluding hydrogens is 279 g/mol. The first kappa shape index (κ1) is 11.0. The Labute approximate surface area is 92.6 Å². The number of aromatic nitrogens is 2. The van der Waals surface area contributed by atoms with Crippen LogP contribution in [-0.4, -0.2) is 15.9 Å². The van der Waals surface area contributed by atoms with Crippen molar-refractivity contribution in [3.63, 3.8) is 0 Å². The fourth-order valence-corrected chi connectivity index (χ4v) is 1.53. The van der Waals surface area contributed by atoms with Crippen LogP contribution in [0.4, 0.5) is 0 Å². The van der Waals surface area contributed by atoms with Crippen molar-refractivity contribution in [3.8, 4) is 0 Å². The van der Waals surface area contributed by atoms with E-state index >= 15 is 0 Å². The van der Waals surface area contributed by atoms with Gasteiger partial charge in [0.1, 0.15) is 5.69 Å². The summed E-state index contributed by atoms with van der Waals surface area (Å²) in [5.74, 6) is 0. The minimum Gasteiger partial charge on any atom is -0.372 e. The fraction of sp³-hybridized carbons (Fsp3) is 0.667. The number of halogens is 1. The van der Waals surface area contributed by atoms with E-state index in [0.717, 1.165) is 12.2 Å². The minimum absolute atomic E-state index is 0.266. The van der Waals surface area contributed by atoms with E-state index in [-0.39, 0.29) is 6.10 Å². The Bertz CT molecular complexity index is 271. The summed E-state index contributed by atoms with van der Waals surface area (Å²) in [6.07, 6.45) is 2.31. The maximum absolute atomic E-state index is 5.49. The Morgan fingerprint density at radius 1 is 1.62 bits per heavy atom. The molecule has 1 rings (SSSR count). The number of ether oxygens (including phenoxy) is 1. The van der Waals surface area contributed by atoms with E-state index in [1.54, 1.807) is 0 Å². The molecule has 0 aliphatic heterocycles. The van der Waals surface area contributed by atoms with Gasteiger partial charge in [-0.1, -0.05) is 0 Å². The Morgan fingerprint density at radius 3 is 2.77 bits per heavy atom. The fourth-order valence-electron chi connectivity index (χ4n) is 0.942. The highest BCUT2D eigenvalue weighted by molar-refractivity contribution is 14.1. The molecule has 1 heterocycles. The van der Waals surface area contributed by atoms with Crippen LogP contribution in [-0.2, 0) is 17.9 Å². The van der Waals surface area contributed by atoms with E-state index in [4.69, 9.17) is 4.74 Å². The van der Waals surface area contributed by atoms with Crippen LogP contribution in [0.2, 0.25) is 0 Å². The molecule has 3 nitrogen and oxygen atoms in total. The zero-order valence-electron chi connectivity index (χ0n) is 8.25. The summed E-state index contributed by atoms with van der Waals surface area (Å²) in [6.45, 7) is 7.67. The molecule has 0 saturated heterocycles. The van der Waals surface area contributed by atoms with Crippen molar-refractivity contribution in [1.82, 2.24) is 9.78 Å². The van der Waals surface area contributed by atoms with Crippen LogP contribution in [0.15, 0.2) is 6.20 Å². The first-order chi connectivity index (χ1) is 6.13. The van der Waals surface area contributed by atoms with Crippen molar-refractivity contribution >= 4 is 22.6 Å². The summed E-state index contributed by atoms with van der Waals surface area (Å²) in [5, 5.41) is 4.38. The Kier molecular flexibility index (Phi) is 4.18. The third-order valence-corrected chi connectivity index (χ3v) is 2.57. The Balaban J connectivity index is 2.60.